The molecular formula is C18H13F6N5O5S2. The van der Waals surface area contributed by atoms with Crippen molar-refractivity contribution in [1.82, 2.24) is 19.3 Å². The maximum atomic E-state index is 13.1. The Labute approximate surface area is 201 Å². The molecule has 1 atom stereocenters. The molecule has 1 aliphatic rings. The minimum atomic E-state index is -4.98. The summed E-state index contributed by atoms with van der Waals surface area (Å²) in [4.78, 5) is 23.5. The molecule has 0 unspecified atom stereocenters. The Morgan fingerprint density at radius 3 is 2.33 bits per heavy atom. The Balaban J connectivity index is 1.57. The Morgan fingerprint density at radius 1 is 1.08 bits per heavy atom. The Kier molecular flexibility index (Phi) is 6.46. The molecule has 0 bridgehead atoms. The van der Waals surface area contributed by atoms with Gasteiger partial charge in [0, 0.05) is 19.6 Å². The molecular weight excluding hydrogens is 544 g/mol. The van der Waals surface area contributed by atoms with Gasteiger partial charge in [-0.15, -0.1) is 13.2 Å². The van der Waals surface area contributed by atoms with Crippen LogP contribution in [0.15, 0.2) is 35.4 Å². The van der Waals surface area contributed by atoms with E-state index in [9.17, 15) is 44.7 Å². The zero-order valence-electron chi connectivity index (χ0n) is 17.5. The molecule has 4 rings (SSSR count). The van der Waals surface area contributed by atoms with Crippen LogP contribution in [-0.4, -0.2) is 70.8 Å². The van der Waals surface area contributed by atoms with Crippen LogP contribution in [0.5, 0.6) is 5.75 Å². The summed E-state index contributed by atoms with van der Waals surface area (Å²) in [5, 5.41) is 9.80. The van der Waals surface area contributed by atoms with E-state index in [0.717, 1.165) is 41.8 Å². The molecule has 0 amide bonds. The summed E-state index contributed by atoms with van der Waals surface area (Å²) in [5.41, 5.74) is -0.250. The molecule has 0 spiro atoms. The third-order valence-electron chi connectivity index (χ3n) is 4.94. The number of fused-ring (bicyclic) bond motifs is 1. The number of alkyl halides is 6. The maximum Gasteiger partial charge on any atom is 0.573 e. The smallest absolute Gasteiger partial charge is 0.480 e. The van der Waals surface area contributed by atoms with Crippen molar-refractivity contribution in [1.29, 1.82) is 0 Å². The van der Waals surface area contributed by atoms with E-state index in [0.29, 0.717) is 4.31 Å². The van der Waals surface area contributed by atoms with Crippen molar-refractivity contribution in [2.75, 3.05) is 24.5 Å². The molecule has 3 heterocycles. The molecule has 2 aromatic heterocycles. The van der Waals surface area contributed by atoms with Crippen LogP contribution in [0.25, 0.3) is 10.3 Å². The number of ether oxygens (including phenoxy) is 1. The molecule has 3 aromatic rings. The molecule has 194 valence electrons. The van der Waals surface area contributed by atoms with Gasteiger partial charge in [0.15, 0.2) is 10.8 Å². The number of aromatic nitrogens is 3. The van der Waals surface area contributed by atoms with Crippen LogP contribution < -0.4 is 9.64 Å². The third kappa shape index (κ3) is 5.29. The number of hydrogen-bond acceptors (Lipinski definition) is 9. The number of thiazole rings is 1. The number of aliphatic carboxylic acids is 1. The second kappa shape index (κ2) is 9.00. The first-order valence-electron chi connectivity index (χ1n) is 9.71. The zero-order valence-corrected chi connectivity index (χ0v) is 19.1. The second-order valence-corrected chi connectivity index (χ2v) is 10.2. The number of halogens is 6. The Bertz CT molecular complexity index is 1390. The fourth-order valence-electron chi connectivity index (χ4n) is 3.38. The lowest BCUT2D eigenvalue weighted by Crippen LogP contribution is -2.58. The van der Waals surface area contributed by atoms with Crippen LogP contribution in [-0.2, 0) is 21.0 Å². The quantitative estimate of drug-likeness (QED) is 0.472. The number of carboxylic acid groups (broad SMARTS) is 1. The van der Waals surface area contributed by atoms with Gasteiger partial charge in [-0.25, -0.2) is 18.4 Å². The number of rotatable bonds is 5. The lowest BCUT2D eigenvalue weighted by Gasteiger charge is -2.38. The summed E-state index contributed by atoms with van der Waals surface area (Å²) < 4.78 is 106. The van der Waals surface area contributed by atoms with Crippen molar-refractivity contribution in [3.8, 4) is 5.75 Å². The van der Waals surface area contributed by atoms with E-state index in [4.69, 9.17) is 0 Å². The number of anilines is 1. The highest BCUT2D eigenvalue weighted by Crippen LogP contribution is 2.33. The number of nitrogens with zero attached hydrogens (tertiary/aromatic N) is 5. The summed E-state index contributed by atoms with van der Waals surface area (Å²) >= 11 is 0.904. The molecule has 1 N–H and O–H groups in total. The van der Waals surface area contributed by atoms with Gasteiger partial charge in [0.1, 0.15) is 11.8 Å². The summed E-state index contributed by atoms with van der Waals surface area (Å²) in [6, 6.07) is 1.64. The lowest BCUT2D eigenvalue weighted by atomic mass is 10.2. The van der Waals surface area contributed by atoms with E-state index in [2.05, 4.69) is 19.7 Å². The van der Waals surface area contributed by atoms with E-state index in [1.54, 1.807) is 0 Å². The molecule has 18 heteroatoms. The van der Waals surface area contributed by atoms with Crippen LogP contribution in [0.3, 0.4) is 0 Å². The largest absolute Gasteiger partial charge is 0.573 e. The molecule has 1 aliphatic heterocycles. The van der Waals surface area contributed by atoms with Gasteiger partial charge in [0.05, 0.1) is 15.8 Å². The van der Waals surface area contributed by atoms with Gasteiger partial charge in [0.25, 0.3) is 0 Å². The highest BCUT2D eigenvalue weighted by atomic mass is 32.2. The van der Waals surface area contributed by atoms with Gasteiger partial charge in [0.2, 0.25) is 15.8 Å². The maximum absolute atomic E-state index is 13.1. The van der Waals surface area contributed by atoms with Crippen molar-refractivity contribution in [3.63, 3.8) is 0 Å². The van der Waals surface area contributed by atoms with Crippen LogP contribution >= 0.6 is 11.3 Å². The van der Waals surface area contributed by atoms with Gasteiger partial charge in [-0.2, -0.15) is 22.5 Å². The fourth-order valence-corrected chi connectivity index (χ4v) is 5.85. The molecule has 36 heavy (non-hydrogen) atoms. The molecule has 0 aliphatic carbocycles. The number of benzene rings is 1. The van der Waals surface area contributed by atoms with Gasteiger partial charge in [-0.05, 0) is 24.3 Å². The summed E-state index contributed by atoms with van der Waals surface area (Å²) in [6.45, 7) is -0.823. The van der Waals surface area contributed by atoms with E-state index >= 15 is 0 Å². The highest BCUT2D eigenvalue weighted by Gasteiger charge is 2.41. The van der Waals surface area contributed by atoms with Gasteiger partial charge in [-0.3, -0.25) is 4.79 Å². The lowest BCUT2D eigenvalue weighted by molar-refractivity contribution is -0.274. The van der Waals surface area contributed by atoms with Crippen LogP contribution in [0.2, 0.25) is 0 Å². The van der Waals surface area contributed by atoms with Crippen molar-refractivity contribution in [3.05, 3.63) is 36.3 Å². The van der Waals surface area contributed by atoms with Crippen LogP contribution in [0.4, 0.5) is 31.5 Å². The molecule has 0 saturated carbocycles. The minimum absolute atomic E-state index is 0.0718. The monoisotopic (exact) mass is 557 g/mol. The number of carbonyl (C=O) groups is 1. The van der Waals surface area contributed by atoms with Gasteiger partial charge in [-0.1, -0.05) is 11.3 Å². The van der Waals surface area contributed by atoms with Crippen LogP contribution in [0, 0.1) is 0 Å². The molecule has 0 radical (unpaired) electrons. The first-order valence-corrected chi connectivity index (χ1v) is 12.0. The number of sulfonamides is 1. The predicted molar refractivity (Wildman–Crippen MR) is 111 cm³/mol. The third-order valence-corrected chi connectivity index (χ3v) is 7.91. The second-order valence-electron chi connectivity index (χ2n) is 7.31. The van der Waals surface area contributed by atoms with Crippen LogP contribution in [0.1, 0.15) is 5.82 Å². The van der Waals surface area contributed by atoms with Gasteiger partial charge >= 0.3 is 18.5 Å². The minimum Gasteiger partial charge on any atom is -0.480 e. The number of carboxylic acids is 1. The van der Waals surface area contributed by atoms with Crippen molar-refractivity contribution < 1.29 is 49.4 Å². The van der Waals surface area contributed by atoms with Crippen molar-refractivity contribution in [2.24, 2.45) is 0 Å². The number of piperazine rings is 1. The number of hydrogen-bond donors (Lipinski definition) is 1. The van der Waals surface area contributed by atoms with Gasteiger partial charge < -0.3 is 14.7 Å². The molecule has 1 fully saturated rings. The molecule has 10 nitrogen and oxygen atoms in total. The highest BCUT2D eigenvalue weighted by molar-refractivity contribution is 7.89. The first kappa shape index (κ1) is 25.8. The standard InChI is InChI=1S/C18H13F6N5O5S2/c19-17(20,21)15-25-7-12-13(26-15)27-16(35-12)28-5-6-29(11(8-28)14(30)31)36(32,33)10-3-1-9(2-4-10)34-18(22,23)24/h1-4,7,11H,5-6,8H2,(H,30,31)/t11-/m1/s1. The SMILES string of the molecule is O=C(O)[C@H]1CN(c2nc3nc(C(F)(F)F)ncc3s2)CCN1S(=O)(=O)c1ccc(OC(F)(F)F)cc1. The normalized spacial score (nSPS) is 17.9. The summed E-state index contributed by atoms with van der Waals surface area (Å²) in [7, 11) is -4.44. The van der Waals surface area contributed by atoms with Crippen molar-refractivity contribution in [2.45, 2.75) is 23.5 Å². The van der Waals surface area contributed by atoms with E-state index in [-0.39, 0.29) is 28.6 Å². The molecule has 1 aromatic carbocycles. The average Bonchev–Trinajstić information content (AvgIpc) is 3.21. The predicted octanol–water partition coefficient (Wildman–Crippen LogP) is 2.97. The Hall–Kier alpha value is -3.25. The zero-order chi connectivity index (χ0) is 26.5. The summed E-state index contributed by atoms with van der Waals surface area (Å²) in [5.74, 6) is -3.56. The van der Waals surface area contributed by atoms with E-state index in [1.807, 2.05) is 0 Å². The van der Waals surface area contributed by atoms with E-state index in [1.165, 1.54) is 4.90 Å². The summed E-state index contributed by atoms with van der Waals surface area (Å²) in [6.07, 6.45) is -8.83. The average molecular weight is 557 g/mol. The first-order chi connectivity index (χ1) is 16.6. The fraction of sp³-hybridized carbons (Fsp3) is 0.333. The Morgan fingerprint density at radius 2 is 1.75 bits per heavy atom. The van der Waals surface area contributed by atoms with E-state index < -0.39 is 57.6 Å². The van der Waals surface area contributed by atoms with Crippen molar-refractivity contribution >= 4 is 42.8 Å². The topological polar surface area (TPSA) is 126 Å². The molecule has 1 saturated heterocycles.